The number of halogens is 1. The predicted octanol–water partition coefficient (Wildman–Crippen LogP) is 3.17. The molecule has 1 aromatic heterocycles. The topological polar surface area (TPSA) is 49.2 Å². The number of rotatable bonds is 7. The van der Waals surface area contributed by atoms with Crippen molar-refractivity contribution in [2.75, 3.05) is 7.11 Å². The lowest BCUT2D eigenvalue weighted by Crippen LogP contribution is -2.09. The van der Waals surface area contributed by atoms with Gasteiger partial charge in [0.05, 0.1) is 7.11 Å². The highest BCUT2D eigenvalue weighted by molar-refractivity contribution is 9.08. The molecule has 2 aromatic rings. The Balaban J connectivity index is 2.16. The average Bonchev–Trinajstić information content (AvgIpc) is 2.92. The van der Waals surface area contributed by atoms with Gasteiger partial charge in [0.1, 0.15) is 12.9 Å². The summed E-state index contributed by atoms with van der Waals surface area (Å²) >= 11 is 3.46. The van der Waals surface area contributed by atoms with Crippen molar-refractivity contribution in [3.05, 3.63) is 35.9 Å². The number of aryl methyl sites for hydroxylation is 1. The van der Waals surface area contributed by atoms with Crippen molar-refractivity contribution in [2.24, 2.45) is 0 Å². The monoisotopic (exact) mass is 339 g/mol. The minimum Gasteiger partial charge on any atom is -0.493 e. The van der Waals surface area contributed by atoms with E-state index in [4.69, 9.17) is 9.47 Å². The molecule has 1 aromatic carbocycles. The summed E-state index contributed by atoms with van der Waals surface area (Å²) in [5.74, 6) is 2.29. The van der Waals surface area contributed by atoms with Gasteiger partial charge in [-0.15, -0.1) is 0 Å². The molecular formula is C14H18BrN3O2. The molecule has 0 fully saturated rings. The number of hydrogen-bond acceptors (Lipinski definition) is 4. The van der Waals surface area contributed by atoms with E-state index in [1.165, 1.54) is 0 Å². The van der Waals surface area contributed by atoms with Gasteiger partial charge in [0.15, 0.2) is 17.3 Å². The highest BCUT2D eigenvalue weighted by Gasteiger charge is 2.12. The summed E-state index contributed by atoms with van der Waals surface area (Å²) in [5, 5.41) is 4.90. The van der Waals surface area contributed by atoms with Gasteiger partial charge in [0.2, 0.25) is 0 Å². The standard InChI is InChI=1S/C14H18BrN3O2/c1-3-7-18-13(16-10-17-18)9-20-14-11(8-15)5-4-6-12(14)19-2/h4-6,10H,3,7-9H2,1-2H3. The quantitative estimate of drug-likeness (QED) is 0.727. The summed E-state index contributed by atoms with van der Waals surface area (Å²) in [4.78, 5) is 4.24. The van der Waals surface area contributed by atoms with Crippen LogP contribution in [-0.2, 0) is 18.5 Å². The van der Waals surface area contributed by atoms with Crippen molar-refractivity contribution in [2.45, 2.75) is 31.8 Å². The second-order valence-corrected chi connectivity index (χ2v) is 4.83. The Hall–Kier alpha value is -1.56. The molecule has 0 bridgehead atoms. The maximum Gasteiger partial charge on any atom is 0.165 e. The fourth-order valence-corrected chi connectivity index (χ4v) is 2.37. The van der Waals surface area contributed by atoms with Gasteiger partial charge in [-0.3, -0.25) is 0 Å². The largest absolute Gasteiger partial charge is 0.493 e. The summed E-state index contributed by atoms with van der Waals surface area (Å²) in [5.41, 5.74) is 1.05. The highest BCUT2D eigenvalue weighted by Crippen LogP contribution is 2.32. The van der Waals surface area contributed by atoms with Crippen LogP contribution in [-0.4, -0.2) is 21.9 Å². The average molecular weight is 340 g/mol. The Labute approximate surface area is 127 Å². The van der Waals surface area contributed by atoms with Crippen LogP contribution in [0.25, 0.3) is 0 Å². The van der Waals surface area contributed by atoms with Gasteiger partial charge in [-0.2, -0.15) is 5.10 Å². The lowest BCUT2D eigenvalue weighted by atomic mass is 10.2. The summed E-state index contributed by atoms with van der Waals surface area (Å²) in [6, 6.07) is 5.84. The molecule has 0 saturated heterocycles. The SMILES string of the molecule is CCCn1ncnc1COc1c(CBr)cccc1OC. The van der Waals surface area contributed by atoms with Gasteiger partial charge in [-0.05, 0) is 12.5 Å². The summed E-state index contributed by atoms with van der Waals surface area (Å²) in [6.45, 7) is 3.33. The normalized spacial score (nSPS) is 10.6. The van der Waals surface area contributed by atoms with Crippen LogP contribution in [0.2, 0.25) is 0 Å². The zero-order valence-corrected chi connectivity index (χ0v) is 13.3. The van der Waals surface area contributed by atoms with E-state index in [0.717, 1.165) is 35.9 Å². The third-order valence-corrected chi connectivity index (χ3v) is 3.51. The number of nitrogens with zero attached hydrogens (tertiary/aromatic N) is 3. The van der Waals surface area contributed by atoms with Crippen molar-refractivity contribution in [3.8, 4) is 11.5 Å². The van der Waals surface area contributed by atoms with Crippen LogP contribution >= 0.6 is 15.9 Å². The van der Waals surface area contributed by atoms with Crippen LogP contribution < -0.4 is 9.47 Å². The third kappa shape index (κ3) is 3.30. The molecule has 0 aliphatic heterocycles. The Bertz CT molecular complexity index is 535. The number of para-hydroxylation sites is 1. The zero-order chi connectivity index (χ0) is 14.4. The molecule has 2 rings (SSSR count). The number of aromatic nitrogens is 3. The smallest absolute Gasteiger partial charge is 0.165 e. The summed E-state index contributed by atoms with van der Waals surface area (Å²) < 4.78 is 13.1. The van der Waals surface area contributed by atoms with E-state index in [0.29, 0.717) is 11.9 Å². The van der Waals surface area contributed by atoms with Crippen molar-refractivity contribution in [1.82, 2.24) is 14.8 Å². The molecule has 108 valence electrons. The summed E-state index contributed by atoms with van der Waals surface area (Å²) in [6.07, 6.45) is 2.57. The fraction of sp³-hybridized carbons (Fsp3) is 0.429. The second-order valence-electron chi connectivity index (χ2n) is 4.27. The lowest BCUT2D eigenvalue weighted by molar-refractivity contribution is 0.267. The third-order valence-electron chi connectivity index (χ3n) is 2.90. The molecule has 0 atom stereocenters. The molecule has 0 N–H and O–H groups in total. The first-order valence-electron chi connectivity index (χ1n) is 6.51. The van der Waals surface area contributed by atoms with Gasteiger partial charge in [0, 0.05) is 17.4 Å². The molecular weight excluding hydrogens is 322 g/mol. The van der Waals surface area contributed by atoms with Crippen LogP contribution in [0.15, 0.2) is 24.5 Å². The molecule has 6 heteroatoms. The number of methoxy groups -OCH3 is 1. The van der Waals surface area contributed by atoms with Crippen LogP contribution in [0.5, 0.6) is 11.5 Å². The zero-order valence-electron chi connectivity index (χ0n) is 11.7. The van der Waals surface area contributed by atoms with E-state index >= 15 is 0 Å². The first-order chi connectivity index (χ1) is 9.80. The number of benzene rings is 1. The van der Waals surface area contributed by atoms with Crippen LogP contribution in [0, 0.1) is 0 Å². The minimum absolute atomic E-state index is 0.375. The first kappa shape index (κ1) is 14.8. The maximum atomic E-state index is 5.90. The predicted molar refractivity (Wildman–Crippen MR) is 80.3 cm³/mol. The first-order valence-corrected chi connectivity index (χ1v) is 7.63. The van der Waals surface area contributed by atoms with Gasteiger partial charge in [-0.25, -0.2) is 9.67 Å². The molecule has 0 aliphatic carbocycles. The van der Waals surface area contributed by atoms with Crippen LogP contribution in [0.3, 0.4) is 0 Å². The number of ether oxygens (including phenoxy) is 2. The molecule has 0 saturated carbocycles. The molecule has 0 radical (unpaired) electrons. The molecule has 20 heavy (non-hydrogen) atoms. The lowest BCUT2D eigenvalue weighted by Gasteiger charge is -2.14. The van der Waals surface area contributed by atoms with E-state index in [-0.39, 0.29) is 0 Å². The van der Waals surface area contributed by atoms with Crippen molar-refractivity contribution in [3.63, 3.8) is 0 Å². The van der Waals surface area contributed by atoms with Crippen molar-refractivity contribution in [1.29, 1.82) is 0 Å². The van der Waals surface area contributed by atoms with Crippen LogP contribution in [0.1, 0.15) is 24.7 Å². The second kappa shape index (κ2) is 7.28. The van der Waals surface area contributed by atoms with Crippen LogP contribution in [0.4, 0.5) is 0 Å². The van der Waals surface area contributed by atoms with Gasteiger partial charge in [-0.1, -0.05) is 35.0 Å². The molecule has 0 unspecified atom stereocenters. The van der Waals surface area contributed by atoms with E-state index in [2.05, 4.69) is 32.9 Å². The Morgan fingerprint density at radius 2 is 2.20 bits per heavy atom. The van der Waals surface area contributed by atoms with Gasteiger partial charge < -0.3 is 9.47 Å². The summed E-state index contributed by atoms with van der Waals surface area (Å²) in [7, 11) is 1.64. The maximum absolute atomic E-state index is 5.90. The van der Waals surface area contributed by atoms with E-state index in [1.54, 1.807) is 13.4 Å². The van der Waals surface area contributed by atoms with E-state index in [9.17, 15) is 0 Å². The Morgan fingerprint density at radius 3 is 2.90 bits per heavy atom. The minimum atomic E-state index is 0.375. The number of hydrogen-bond donors (Lipinski definition) is 0. The molecule has 0 spiro atoms. The molecule has 5 nitrogen and oxygen atoms in total. The molecule has 0 amide bonds. The van der Waals surface area contributed by atoms with E-state index in [1.807, 2.05) is 22.9 Å². The van der Waals surface area contributed by atoms with Gasteiger partial charge >= 0.3 is 0 Å². The molecule has 1 heterocycles. The van der Waals surface area contributed by atoms with Crippen molar-refractivity contribution < 1.29 is 9.47 Å². The Morgan fingerprint density at radius 1 is 1.35 bits per heavy atom. The Kier molecular flexibility index (Phi) is 5.40. The number of alkyl halides is 1. The van der Waals surface area contributed by atoms with E-state index < -0.39 is 0 Å². The fourth-order valence-electron chi connectivity index (χ4n) is 1.93. The highest BCUT2D eigenvalue weighted by atomic mass is 79.9. The molecule has 0 aliphatic rings. The van der Waals surface area contributed by atoms with Crippen molar-refractivity contribution >= 4 is 15.9 Å². The van der Waals surface area contributed by atoms with Gasteiger partial charge in [0.25, 0.3) is 0 Å².